The monoisotopic (exact) mass is 457 g/mol. The SMILES string of the molecule is CCCCCCC=CCCCCCCC/C(N)=N\S(=O)(=O)c1nnc(NC(C)=O)s1. The fourth-order valence-electron chi connectivity index (χ4n) is 2.78. The van der Waals surface area contributed by atoms with Gasteiger partial charge in [-0.25, -0.2) is 0 Å². The highest BCUT2D eigenvalue weighted by molar-refractivity contribution is 7.92. The number of carbonyl (C=O) groups excluding carboxylic acids is 1. The number of nitrogens with one attached hydrogen (secondary N) is 1. The smallest absolute Gasteiger partial charge is 0.313 e. The van der Waals surface area contributed by atoms with Crippen molar-refractivity contribution in [3.63, 3.8) is 0 Å². The molecule has 1 amide bonds. The second-order valence-electron chi connectivity index (χ2n) is 7.24. The first-order chi connectivity index (χ1) is 14.3. The van der Waals surface area contributed by atoms with Gasteiger partial charge in [0.2, 0.25) is 11.0 Å². The van der Waals surface area contributed by atoms with Gasteiger partial charge in [-0.3, -0.25) is 4.79 Å². The lowest BCUT2D eigenvalue weighted by Gasteiger charge is -2.01. The van der Waals surface area contributed by atoms with Crippen molar-refractivity contribution in [3.8, 4) is 0 Å². The van der Waals surface area contributed by atoms with Crippen LogP contribution in [0.4, 0.5) is 5.13 Å². The van der Waals surface area contributed by atoms with Gasteiger partial charge in [-0.2, -0.15) is 8.42 Å². The van der Waals surface area contributed by atoms with E-state index >= 15 is 0 Å². The number of hydrogen-bond acceptors (Lipinski definition) is 6. The number of nitrogens with two attached hydrogens (primary N) is 1. The molecule has 3 N–H and O–H groups in total. The Balaban J connectivity index is 2.19. The van der Waals surface area contributed by atoms with Gasteiger partial charge in [0.15, 0.2) is 0 Å². The largest absolute Gasteiger partial charge is 0.386 e. The number of unbranched alkanes of at least 4 members (excludes halogenated alkanes) is 9. The molecule has 1 rings (SSSR count). The first-order valence-electron chi connectivity index (χ1n) is 10.7. The molecule has 0 aromatic carbocycles. The molecule has 1 aromatic rings. The summed E-state index contributed by atoms with van der Waals surface area (Å²) in [6.45, 7) is 3.53. The summed E-state index contributed by atoms with van der Waals surface area (Å²) in [5.74, 6) is -0.283. The summed E-state index contributed by atoms with van der Waals surface area (Å²) < 4.78 is 27.7. The van der Waals surface area contributed by atoms with Gasteiger partial charge in [0, 0.05) is 13.3 Å². The van der Waals surface area contributed by atoms with Crippen LogP contribution in [-0.2, 0) is 14.8 Å². The predicted molar refractivity (Wildman–Crippen MR) is 123 cm³/mol. The second kappa shape index (κ2) is 15.1. The first kappa shape index (κ1) is 26.2. The van der Waals surface area contributed by atoms with E-state index in [0.29, 0.717) is 6.42 Å². The van der Waals surface area contributed by atoms with E-state index in [9.17, 15) is 13.2 Å². The van der Waals surface area contributed by atoms with Crippen LogP contribution >= 0.6 is 11.3 Å². The molecule has 0 radical (unpaired) electrons. The van der Waals surface area contributed by atoms with Crippen LogP contribution in [0.5, 0.6) is 0 Å². The normalized spacial score (nSPS) is 12.5. The average Bonchev–Trinajstić information content (AvgIpc) is 3.14. The third-order valence-corrected chi connectivity index (χ3v) is 6.86. The Bertz CT molecular complexity index is 788. The summed E-state index contributed by atoms with van der Waals surface area (Å²) in [5.41, 5.74) is 5.77. The molecule has 10 heteroatoms. The lowest BCUT2D eigenvalue weighted by molar-refractivity contribution is -0.114. The van der Waals surface area contributed by atoms with Crippen LogP contribution < -0.4 is 11.1 Å². The van der Waals surface area contributed by atoms with Gasteiger partial charge in [-0.05, 0) is 32.1 Å². The topological polar surface area (TPSA) is 127 Å². The molecule has 0 saturated carbocycles. The zero-order valence-corrected chi connectivity index (χ0v) is 19.7. The molecule has 0 fully saturated rings. The first-order valence-corrected chi connectivity index (χ1v) is 13.0. The number of anilines is 1. The Morgan fingerprint density at radius 2 is 1.63 bits per heavy atom. The molecular weight excluding hydrogens is 422 g/mol. The molecule has 0 aliphatic heterocycles. The lowest BCUT2D eigenvalue weighted by atomic mass is 10.1. The van der Waals surface area contributed by atoms with Crippen molar-refractivity contribution in [2.45, 2.75) is 95.2 Å². The maximum Gasteiger partial charge on any atom is 0.313 e. The van der Waals surface area contributed by atoms with Crippen molar-refractivity contribution in [1.29, 1.82) is 0 Å². The molecule has 0 aliphatic rings. The number of sulfonamides is 1. The summed E-state index contributed by atoms with van der Waals surface area (Å²) in [6.07, 6.45) is 17.8. The fourth-order valence-corrected chi connectivity index (χ4v) is 4.69. The van der Waals surface area contributed by atoms with Gasteiger partial charge >= 0.3 is 10.0 Å². The number of nitrogens with zero attached hydrogens (tertiary/aromatic N) is 3. The molecule has 0 aliphatic carbocycles. The summed E-state index contributed by atoms with van der Waals surface area (Å²) in [5, 5.41) is 9.67. The van der Waals surface area contributed by atoms with Gasteiger partial charge in [0.25, 0.3) is 4.34 Å². The van der Waals surface area contributed by atoms with Crippen LogP contribution in [0.3, 0.4) is 0 Å². The Morgan fingerprint density at radius 3 is 2.27 bits per heavy atom. The standard InChI is InChI=1S/C20H35N5O3S2/c1-3-4-5-6-7-8-9-10-11-12-13-14-15-16-18(21)25-30(27,28)20-24-23-19(29-20)22-17(2)26/h8-9H,3-7,10-16H2,1-2H3,(H2,21,25)(H,22,23,26). The van der Waals surface area contributed by atoms with Crippen molar-refractivity contribution in [1.82, 2.24) is 10.2 Å². The second-order valence-corrected chi connectivity index (χ2v) is 9.99. The Labute approximate surface area is 184 Å². The Hall–Kier alpha value is -1.81. The number of hydrogen-bond donors (Lipinski definition) is 2. The maximum atomic E-state index is 12.2. The minimum absolute atomic E-state index is 0.0669. The molecule has 0 spiro atoms. The molecule has 170 valence electrons. The van der Waals surface area contributed by atoms with E-state index in [1.807, 2.05) is 0 Å². The minimum Gasteiger partial charge on any atom is -0.386 e. The number of amides is 1. The molecule has 30 heavy (non-hydrogen) atoms. The van der Waals surface area contributed by atoms with Gasteiger partial charge in [0.1, 0.15) is 5.84 Å². The number of carbonyl (C=O) groups is 1. The van der Waals surface area contributed by atoms with Gasteiger partial charge in [-0.15, -0.1) is 14.6 Å². The molecule has 0 unspecified atom stereocenters. The average molecular weight is 458 g/mol. The predicted octanol–water partition coefficient (Wildman–Crippen LogP) is 4.80. The third kappa shape index (κ3) is 12.0. The molecule has 1 aromatic heterocycles. The van der Waals surface area contributed by atoms with Gasteiger partial charge < -0.3 is 11.1 Å². The molecule has 1 heterocycles. The van der Waals surface area contributed by atoms with Gasteiger partial charge in [-0.1, -0.05) is 68.9 Å². The van der Waals surface area contributed by atoms with E-state index in [0.717, 1.165) is 43.4 Å². The highest BCUT2D eigenvalue weighted by Gasteiger charge is 2.20. The zero-order valence-electron chi connectivity index (χ0n) is 18.1. The van der Waals surface area contributed by atoms with Crippen LogP contribution in [0.1, 0.15) is 90.9 Å². The number of aromatic nitrogens is 2. The van der Waals surface area contributed by atoms with E-state index in [-0.39, 0.29) is 21.2 Å². The van der Waals surface area contributed by atoms with Crippen LogP contribution in [0.2, 0.25) is 0 Å². The minimum atomic E-state index is -3.99. The van der Waals surface area contributed by atoms with Crippen molar-refractivity contribution in [2.24, 2.45) is 10.1 Å². The van der Waals surface area contributed by atoms with E-state index in [4.69, 9.17) is 5.73 Å². The fraction of sp³-hybridized carbons (Fsp3) is 0.700. The lowest BCUT2D eigenvalue weighted by Crippen LogP contribution is -2.14. The van der Waals surface area contributed by atoms with Crippen LogP contribution in [-0.4, -0.2) is 30.4 Å². The van der Waals surface area contributed by atoms with Crippen LogP contribution in [0.25, 0.3) is 0 Å². The summed E-state index contributed by atoms with van der Waals surface area (Å²) >= 11 is 0.747. The molecule has 0 saturated heterocycles. The van der Waals surface area contributed by atoms with Crippen LogP contribution in [0, 0.1) is 0 Å². The maximum absolute atomic E-state index is 12.2. The number of allylic oxidation sites excluding steroid dienone is 2. The van der Waals surface area contributed by atoms with Crippen LogP contribution in [0.15, 0.2) is 20.9 Å². The van der Waals surface area contributed by atoms with Crippen molar-refractivity contribution >= 4 is 38.2 Å². The zero-order chi connectivity index (χ0) is 22.2. The van der Waals surface area contributed by atoms with E-state index < -0.39 is 10.0 Å². The molecule has 0 atom stereocenters. The molecular formula is C20H35N5O3S2. The van der Waals surface area contributed by atoms with Crippen molar-refractivity contribution in [3.05, 3.63) is 12.2 Å². The Kier molecular flexibility index (Phi) is 13.2. The summed E-state index contributed by atoms with van der Waals surface area (Å²) in [6, 6.07) is 0. The summed E-state index contributed by atoms with van der Waals surface area (Å²) in [4.78, 5) is 11.0. The van der Waals surface area contributed by atoms with E-state index in [1.165, 1.54) is 45.4 Å². The molecule has 0 bridgehead atoms. The third-order valence-electron chi connectivity index (χ3n) is 4.34. The quantitative estimate of drug-likeness (QED) is 0.121. The van der Waals surface area contributed by atoms with E-state index in [2.05, 4.69) is 39.0 Å². The summed E-state index contributed by atoms with van der Waals surface area (Å²) in [7, 11) is -3.99. The Morgan fingerprint density at radius 1 is 1.03 bits per heavy atom. The van der Waals surface area contributed by atoms with E-state index in [1.54, 1.807) is 0 Å². The molecule has 8 nitrogen and oxygen atoms in total. The number of amidine groups is 1. The van der Waals surface area contributed by atoms with Crippen molar-refractivity contribution < 1.29 is 13.2 Å². The number of rotatable bonds is 16. The highest BCUT2D eigenvalue weighted by atomic mass is 32.2. The highest BCUT2D eigenvalue weighted by Crippen LogP contribution is 2.21. The van der Waals surface area contributed by atoms with Crippen molar-refractivity contribution in [2.75, 3.05) is 5.32 Å². The van der Waals surface area contributed by atoms with Gasteiger partial charge in [0.05, 0.1) is 0 Å².